The van der Waals surface area contributed by atoms with Gasteiger partial charge in [0, 0.05) is 27.1 Å². The predicted octanol–water partition coefficient (Wildman–Crippen LogP) is 5.51. The molecule has 2 aromatic carbocycles. The van der Waals surface area contributed by atoms with Crippen molar-refractivity contribution in [3.05, 3.63) is 93.6 Å². The van der Waals surface area contributed by atoms with Gasteiger partial charge in [-0.1, -0.05) is 15.9 Å². The van der Waals surface area contributed by atoms with Crippen LogP contribution in [0.2, 0.25) is 0 Å². The first kappa shape index (κ1) is 24.2. The van der Waals surface area contributed by atoms with Gasteiger partial charge in [-0.25, -0.2) is 5.43 Å². The van der Waals surface area contributed by atoms with Crippen LogP contribution in [0.15, 0.2) is 74.7 Å². The number of phenols is 1. The fraction of sp³-hybridized carbons (Fsp3) is 0.154. The Labute approximate surface area is 210 Å². The highest BCUT2D eigenvalue weighted by atomic mass is 79.9. The molecule has 180 valence electrons. The number of phenolic OH excluding ortho intramolecular Hbond substituents is 1. The van der Waals surface area contributed by atoms with Crippen LogP contribution >= 0.6 is 15.9 Å². The molecule has 8 nitrogen and oxygen atoms in total. The van der Waals surface area contributed by atoms with Crippen LogP contribution in [0.25, 0.3) is 5.69 Å². The molecule has 0 aliphatic rings. The minimum absolute atomic E-state index is 0.0854. The van der Waals surface area contributed by atoms with Crippen LogP contribution in [0, 0.1) is 13.8 Å². The Morgan fingerprint density at radius 1 is 1.11 bits per heavy atom. The second-order valence-corrected chi connectivity index (χ2v) is 8.66. The number of halogens is 1. The van der Waals surface area contributed by atoms with Crippen molar-refractivity contribution < 1.29 is 23.8 Å². The number of benzene rings is 2. The molecule has 0 atom stereocenters. The molecule has 0 unspecified atom stereocenters. The highest BCUT2D eigenvalue weighted by Gasteiger charge is 2.12. The lowest BCUT2D eigenvalue weighted by Gasteiger charge is -2.10. The van der Waals surface area contributed by atoms with Gasteiger partial charge in [0.2, 0.25) is 0 Å². The minimum atomic E-state index is -0.532. The number of ether oxygens (including phenoxy) is 2. The molecule has 35 heavy (non-hydrogen) atoms. The van der Waals surface area contributed by atoms with Crippen LogP contribution in [0.1, 0.15) is 33.3 Å². The van der Waals surface area contributed by atoms with E-state index in [-0.39, 0.29) is 23.9 Å². The summed E-state index contributed by atoms with van der Waals surface area (Å²) in [5.41, 5.74) is 6.13. The molecule has 2 heterocycles. The zero-order valence-electron chi connectivity index (χ0n) is 19.4. The van der Waals surface area contributed by atoms with Gasteiger partial charge in [0.1, 0.15) is 18.1 Å². The van der Waals surface area contributed by atoms with Gasteiger partial charge < -0.3 is 23.6 Å². The van der Waals surface area contributed by atoms with E-state index in [0.29, 0.717) is 21.5 Å². The number of aryl methyl sites for hydroxylation is 2. The van der Waals surface area contributed by atoms with Gasteiger partial charge in [-0.3, -0.25) is 4.79 Å². The monoisotopic (exact) mass is 537 g/mol. The highest BCUT2D eigenvalue weighted by molar-refractivity contribution is 9.10. The van der Waals surface area contributed by atoms with Gasteiger partial charge in [-0.05, 0) is 74.5 Å². The topological polar surface area (TPSA) is 98.2 Å². The van der Waals surface area contributed by atoms with Crippen molar-refractivity contribution in [3.63, 3.8) is 0 Å². The zero-order valence-corrected chi connectivity index (χ0v) is 21.0. The molecule has 0 aliphatic heterocycles. The lowest BCUT2D eigenvalue weighted by molar-refractivity contribution is 0.0923. The third kappa shape index (κ3) is 5.58. The van der Waals surface area contributed by atoms with Crippen LogP contribution in [-0.2, 0) is 6.61 Å². The summed E-state index contributed by atoms with van der Waals surface area (Å²) >= 11 is 3.33. The molecule has 0 spiro atoms. The van der Waals surface area contributed by atoms with Crippen LogP contribution in [0.3, 0.4) is 0 Å². The lowest BCUT2D eigenvalue weighted by atomic mass is 10.2. The number of nitrogens with zero attached hydrogens (tertiary/aromatic N) is 2. The number of hydrazone groups is 1. The van der Waals surface area contributed by atoms with Gasteiger partial charge >= 0.3 is 5.91 Å². The second-order valence-electron chi connectivity index (χ2n) is 7.75. The summed E-state index contributed by atoms with van der Waals surface area (Å²) in [4.78, 5) is 12.3. The van der Waals surface area contributed by atoms with Gasteiger partial charge in [0.05, 0.1) is 13.3 Å². The maximum atomic E-state index is 12.3. The van der Waals surface area contributed by atoms with E-state index >= 15 is 0 Å². The summed E-state index contributed by atoms with van der Waals surface area (Å²) in [6.45, 7) is 4.30. The average molecular weight is 538 g/mol. The van der Waals surface area contributed by atoms with Gasteiger partial charge in [-0.15, -0.1) is 0 Å². The van der Waals surface area contributed by atoms with Crippen molar-refractivity contribution in [1.82, 2.24) is 9.99 Å². The number of aromatic hydroxyl groups is 1. The van der Waals surface area contributed by atoms with Crippen molar-refractivity contribution in [2.75, 3.05) is 7.11 Å². The summed E-state index contributed by atoms with van der Waals surface area (Å²) in [5.74, 6) is 0.939. The maximum absolute atomic E-state index is 12.3. The summed E-state index contributed by atoms with van der Waals surface area (Å²) in [7, 11) is 1.45. The van der Waals surface area contributed by atoms with Gasteiger partial charge in [-0.2, -0.15) is 5.10 Å². The first-order valence-corrected chi connectivity index (χ1v) is 11.5. The number of nitrogens with one attached hydrogen (secondary N) is 1. The Balaban J connectivity index is 1.33. The predicted molar refractivity (Wildman–Crippen MR) is 136 cm³/mol. The van der Waals surface area contributed by atoms with E-state index in [2.05, 4.69) is 57.0 Å². The van der Waals surface area contributed by atoms with Crippen molar-refractivity contribution in [2.45, 2.75) is 20.5 Å². The summed E-state index contributed by atoms with van der Waals surface area (Å²) in [5, 5.41) is 14.0. The second kappa shape index (κ2) is 10.5. The van der Waals surface area contributed by atoms with Crippen molar-refractivity contribution in [2.24, 2.45) is 5.10 Å². The number of furan rings is 1. The highest BCUT2D eigenvalue weighted by Crippen LogP contribution is 2.32. The summed E-state index contributed by atoms with van der Waals surface area (Å²) < 4.78 is 19.3. The standard InChI is InChI=1S/C26H24BrN3O5/c1-16-4-5-17(2)30(16)20-6-8-21(9-7-20)34-15-22-10-11-23(35-22)26(32)29-28-14-18-12-19(27)13-24(33-3)25(18)31/h4-14,31H,15H2,1-3H3,(H,29,32). The number of hydrogen-bond donors (Lipinski definition) is 2. The number of carbonyl (C=O) groups is 1. The van der Waals surface area contributed by atoms with E-state index in [1.807, 2.05) is 24.3 Å². The van der Waals surface area contributed by atoms with E-state index in [1.165, 1.54) is 13.3 Å². The number of methoxy groups -OCH3 is 1. The van der Waals surface area contributed by atoms with Crippen molar-refractivity contribution in [3.8, 4) is 22.9 Å². The number of hydrogen-bond acceptors (Lipinski definition) is 6. The number of aromatic nitrogens is 1. The Kier molecular flexibility index (Phi) is 7.26. The number of amides is 1. The lowest BCUT2D eigenvalue weighted by Crippen LogP contribution is -2.16. The van der Waals surface area contributed by atoms with Crippen molar-refractivity contribution in [1.29, 1.82) is 0 Å². The Hall–Kier alpha value is -3.98. The molecule has 4 aromatic rings. The number of rotatable bonds is 8. The first-order valence-electron chi connectivity index (χ1n) is 10.7. The molecule has 0 radical (unpaired) electrons. The Morgan fingerprint density at radius 3 is 2.51 bits per heavy atom. The van der Waals surface area contributed by atoms with E-state index in [4.69, 9.17) is 13.9 Å². The SMILES string of the molecule is COc1cc(Br)cc(C=NNC(=O)c2ccc(COc3ccc(-n4c(C)ccc4C)cc3)o2)c1O. The van der Waals surface area contributed by atoms with Crippen LogP contribution < -0.4 is 14.9 Å². The number of carbonyl (C=O) groups excluding carboxylic acids is 1. The van der Waals surface area contributed by atoms with E-state index in [0.717, 1.165) is 17.1 Å². The molecular formula is C26H24BrN3O5. The molecule has 2 aromatic heterocycles. The molecule has 1 amide bonds. The first-order chi connectivity index (χ1) is 16.9. The normalized spacial score (nSPS) is 11.1. The zero-order chi connectivity index (χ0) is 24.9. The summed E-state index contributed by atoms with van der Waals surface area (Å²) in [6.07, 6.45) is 1.31. The molecule has 2 N–H and O–H groups in total. The van der Waals surface area contributed by atoms with Gasteiger partial charge in [0.15, 0.2) is 17.3 Å². The fourth-order valence-electron chi connectivity index (χ4n) is 3.56. The molecule has 4 rings (SSSR count). The Morgan fingerprint density at radius 2 is 1.83 bits per heavy atom. The van der Waals surface area contributed by atoms with Gasteiger partial charge in [0.25, 0.3) is 0 Å². The summed E-state index contributed by atoms with van der Waals surface area (Å²) in [6, 6.07) is 18.4. The third-order valence-corrected chi connectivity index (χ3v) is 5.75. The third-order valence-electron chi connectivity index (χ3n) is 5.29. The molecule has 9 heteroatoms. The molecule has 0 saturated heterocycles. The molecule has 0 saturated carbocycles. The molecular weight excluding hydrogens is 514 g/mol. The van der Waals surface area contributed by atoms with E-state index in [1.54, 1.807) is 24.3 Å². The smallest absolute Gasteiger partial charge is 0.307 e. The van der Waals surface area contributed by atoms with E-state index in [9.17, 15) is 9.90 Å². The average Bonchev–Trinajstić information content (AvgIpc) is 3.46. The molecule has 0 aliphatic carbocycles. The fourth-order valence-corrected chi connectivity index (χ4v) is 4.02. The Bertz CT molecular complexity index is 1350. The van der Waals surface area contributed by atoms with Crippen LogP contribution in [0.5, 0.6) is 17.2 Å². The largest absolute Gasteiger partial charge is 0.504 e. The quantitative estimate of drug-likeness (QED) is 0.228. The van der Waals surface area contributed by atoms with E-state index < -0.39 is 5.91 Å². The van der Waals surface area contributed by atoms with Crippen LogP contribution in [-0.4, -0.2) is 28.9 Å². The maximum Gasteiger partial charge on any atom is 0.307 e. The molecule has 0 bridgehead atoms. The van der Waals surface area contributed by atoms with Crippen molar-refractivity contribution >= 4 is 28.1 Å². The molecule has 0 fully saturated rings. The van der Waals surface area contributed by atoms with Crippen LogP contribution in [0.4, 0.5) is 0 Å². The minimum Gasteiger partial charge on any atom is -0.504 e.